The lowest BCUT2D eigenvalue weighted by atomic mass is 10.2. The number of anilines is 1. The van der Waals surface area contributed by atoms with E-state index in [0.29, 0.717) is 11.6 Å². The van der Waals surface area contributed by atoms with Crippen LogP contribution in [-0.4, -0.2) is 10.2 Å². The van der Waals surface area contributed by atoms with Crippen LogP contribution in [-0.2, 0) is 6.54 Å². The van der Waals surface area contributed by atoms with Crippen molar-refractivity contribution in [2.75, 3.05) is 5.32 Å². The van der Waals surface area contributed by atoms with Gasteiger partial charge in [-0.3, -0.25) is 0 Å². The molecule has 2 rings (SSSR count). The normalized spacial score (nSPS) is 10.3. The van der Waals surface area contributed by atoms with Crippen molar-refractivity contribution in [3.05, 3.63) is 51.5 Å². The van der Waals surface area contributed by atoms with Gasteiger partial charge in [-0.1, -0.05) is 17.7 Å². The summed E-state index contributed by atoms with van der Waals surface area (Å²) in [6.07, 6.45) is 0. The predicted molar refractivity (Wildman–Crippen MR) is 76.3 cm³/mol. The van der Waals surface area contributed by atoms with E-state index in [4.69, 9.17) is 11.6 Å². The number of nitrogens with one attached hydrogen (secondary N) is 1. The molecule has 94 valence electrons. The van der Waals surface area contributed by atoms with Crippen molar-refractivity contribution in [3.63, 3.8) is 0 Å². The van der Waals surface area contributed by atoms with Gasteiger partial charge in [-0.2, -0.15) is 0 Å². The summed E-state index contributed by atoms with van der Waals surface area (Å²) in [6.45, 7) is 0.544. The highest BCUT2D eigenvalue weighted by Gasteiger charge is 2.02. The minimum absolute atomic E-state index is 0.118. The zero-order valence-electron chi connectivity index (χ0n) is 9.32. The molecule has 0 aliphatic rings. The van der Waals surface area contributed by atoms with E-state index in [-0.39, 0.29) is 11.5 Å². The molecule has 0 saturated carbocycles. The van der Waals surface area contributed by atoms with E-state index in [0.717, 1.165) is 15.7 Å². The second-order valence-electron chi connectivity index (χ2n) is 3.81. The highest BCUT2D eigenvalue weighted by atomic mass is 79.9. The van der Waals surface area contributed by atoms with Crippen molar-refractivity contribution in [1.29, 1.82) is 0 Å². The molecule has 0 aromatic heterocycles. The molecule has 0 saturated heterocycles. The van der Waals surface area contributed by atoms with Crippen LogP contribution in [0.1, 0.15) is 5.56 Å². The van der Waals surface area contributed by atoms with Gasteiger partial charge in [0.15, 0.2) is 11.5 Å². The van der Waals surface area contributed by atoms with Crippen LogP contribution in [0.2, 0.25) is 5.02 Å². The Hall–Kier alpha value is -1.39. The fraction of sp³-hybridized carbons (Fsp3) is 0.0769. The summed E-state index contributed by atoms with van der Waals surface area (Å²) in [4.78, 5) is 0. The molecule has 18 heavy (non-hydrogen) atoms. The maximum absolute atomic E-state index is 9.38. The summed E-state index contributed by atoms with van der Waals surface area (Å²) >= 11 is 9.25. The van der Waals surface area contributed by atoms with E-state index in [9.17, 15) is 10.2 Å². The number of halogens is 2. The minimum atomic E-state index is -0.119. The molecule has 3 N–H and O–H groups in total. The molecule has 0 heterocycles. The Morgan fingerprint density at radius 3 is 2.50 bits per heavy atom. The Morgan fingerprint density at radius 2 is 1.83 bits per heavy atom. The maximum Gasteiger partial charge on any atom is 0.157 e. The van der Waals surface area contributed by atoms with E-state index >= 15 is 0 Å². The molecule has 0 spiro atoms. The number of phenolic OH excluding ortho intramolecular Hbond substituents is 2. The van der Waals surface area contributed by atoms with Crippen LogP contribution >= 0.6 is 27.5 Å². The van der Waals surface area contributed by atoms with Gasteiger partial charge in [-0.15, -0.1) is 0 Å². The van der Waals surface area contributed by atoms with Crippen molar-refractivity contribution in [3.8, 4) is 11.5 Å². The molecule has 0 radical (unpaired) electrons. The molecular weight excluding hydrogens is 318 g/mol. The Balaban J connectivity index is 2.06. The summed E-state index contributed by atoms with van der Waals surface area (Å²) in [5.41, 5.74) is 1.79. The van der Waals surface area contributed by atoms with Crippen molar-refractivity contribution >= 4 is 33.2 Å². The molecule has 0 fully saturated rings. The van der Waals surface area contributed by atoms with E-state index < -0.39 is 0 Å². The number of hydrogen-bond donors (Lipinski definition) is 3. The number of aromatic hydroxyl groups is 2. The molecule has 0 atom stereocenters. The molecule has 0 unspecified atom stereocenters. The first-order valence-corrected chi connectivity index (χ1v) is 6.43. The van der Waals surface area contributed by atoms with E-state index in [1.165, 1.54) is 12.1 Å². The van der Waals surface area contributed by atoms with Crippen LogP contribution in [0.4, 0.5) is 5.69 Å². The van der Waals surface area contributed by atoms with Crippen molar-refractivity contribution in [1.82, 2.24) is 0 Å². The minimum Gasteiger partial charge on any atom is -0.504 e. The first-order chi connectivity index (χ1) is 8.56. The lowest BCUT2D eigenvalue weighted by Gasteiger charge is -2.08. The Labute approximate surface area is 118 Å². The number of rotatable bonds is 3. The van der Waals surface area contributed by atoms with Crippen molar-refractivity contribution in [2.24, 2.45) is 0 Å². The molecule has 0 aliphatic carbocycles. The smallest absolute Gasteiger partial charge is 0.157 e. The van der Waals surface area contributed by atoms with Gasteiger partial charge in [0.2, 0.25) is 0 Å². The molecule has 2 aromatic carbocycles. The lowest BCUT2D eigenvalue weighted by Crippen LogP contribution is -1.99. The fourth-order valence-electron chi connectivity index (χ4n) is 1.49. The third kappa shape index (κ3) is 3.09. The Bertz CT molecular complexity index is 523. The van der Waals surface area contributed by atoms with Crippen LogP contribution in [0.25, 0.3) is 0 Å². The molecular formula is C13H11BrClNO2. The SMILES string of the molecule is Oc1ccc(CNc2ccc(Cl)c(Br)c2)cc1O. The lowest BCUT2D eigenvalue weighted by molar-refractivity contribution is 0.403. The molecule has 3 nitrogen and oxygen atoms in total. The summed E-state index contributed by atoms with van der Waals surface area (Å²) in [6, 6.07) is 10.3. The van der Waals surface area contributed by atoms with Gasteiger partial charge in [0.05, 0.1) is 5.02 Å². The van der Waals surface area contributed by atoms with Crippen molar-refractivity contribution < 1.29 is 10.2 Å². The van der Waals surface area contributed by atoms with Crippen LogP contribution in [0.3, 0.4) is 0 Å². The van der Waals surface area contributed by atoms with E-state index in [2.05, 4.69) is 21.2 Å². The molecule has 0 bridgehead atoms. The second-order valence-corrected chi connectivity index (χ2v) is 5.07. The summed E-state index contributed by atoms with van der Waals surface area (Å²) in [7, 11) is 0. The quantitative estimate of drug-likeness (QED) is 0.743. The van der Waals surface area contributed by atoms with Crippen LogP contribution in [0.15, 0.2) is 40.9 Å². The average Bonchev–Trinajstić information content (AvgIpc) is 2.35. The van der Waals surface area contributed by atoms with Gasteiger partial charge < -0.3 is 15.5 Å². The molecule has 5 heteroatoms. The Morgan fingerprint density at radius 1 is 1.06 bits per heavy atom. The highest BCUT2D eigenvalue weighted by Crippen LogP contribution is 2.27. The van der Waals surface area contributed by atoms with Gasteiger partial charge in [0, 0.05) is 16.7 Å². The topological polar surface area (TPSA) is 52.5 Å². The van der Waals surface area contributed by atoms with E-state index in [1.54, 1.807) is 12.1 Å². The summed E-state index contributed by atoms with van der Waals surface area (Å²) in [5.74, 6) is -0.237. The fourth-order valence-corrected chi connectivity index (χ4v) is 1.99. The van der Waals surface area contributed by atoms with Gasteiger partial charge in [-0.25, -0.2) is 0 Å². The Kier molecular flexibility index (Phi) is 3.99. The van der Waals surface area contributed by atoms with Gasteiger partial charge >= 0.3 is 0 Å². The molecule has 2 aromatic rings. The van der Waals surface area contributed by atoms with Crippen LogP contribution in [0.5, 0.6) is 11.5 Å². The van der Waals surface area contributed by atoms with E-state index in [1.807, 2.05) is 12.1 Å². The van der Waals surface area contributed by atoms with Crippen LogP contribution < -0.4 is 5.32 Å². The maximum atomic E-state index is 9.38. The van der Waals surface area contributed by atoms with Gasteiger partial charge in [0.25, 0.3) is 0 Å². The first kappa shape index (κ1) is 13.1. The monoisotopic (exact) mass is 327 g/mol. The standard InChI is InChI=1S/C13H11BrClNO2/c14-10-6-9(2-3-11(10)15)16-7-8-1-4-12(17)13(18)5-8/h1-6,16-18H,7H2. The number of hydrogen-bond acceptors (Lipinski definition) is 3. The second kappa shape index (κ2) is 5.50. The van der Waals surface area contributed by atoms with Gasteiger partial charge in [0.1, 0.15) is 0 Å². The third-order valence-electron chi connectivity index (χ3n) is 2.46. The van der Waals surface area contributed by atoms with Crippen LogP contribution in [0, 0.1) is 0 Å². The average molecular weight is 329 g/mol. The molecule has 0 amide bonds. The first-order valence-electron chi connectivity index (χ1n) is 5.26. The zero-order chi connectivity index (χ0) is 13.1. The number of benzene rings is 2. The zero-order valence-corrected chi connectivity index (χ0v) is 11.7. The highest BCUT2D eigenvalue weighted by molar-refractivity contribution is 9.10. The molecule has 0 aliphatic heterocycles. The third-order valence-corrected chi connectivity index (χ3v) is 3.67. The number of phenols is 2. The predicted octanol–water partition coefficient (Wildman–Crippen LogP) is 4.13. The summed E-state index contributed by atoms with van der Waals surface area (Å²) in [5, 5.41) is 22.4. The van der Waals surface area contributed by atoms with Crippen molar-refractivity contribution in [2.45, 2.75) is 6.54 Å². The van der Waals surface area contributed by atoms with Gasteiger partial charge in [-0.05, 0) is 51.8 Å². The summed E-state index contributed by atoms with van der Waals surface area (Å²) < 4.78 is 0.822. The largest absolute Gasteiger partial charge is 0.504 e.